The molecule has 1 unspecified atom stereocenters. The molecule has 0 aliphatic carbocycles. The van der Waals surface area contributed by atoms with Gasteiger partial charge in [0.25, 0.3) is 0 Å². The third kappa shape index (κ3) is 97.4. The second-order valence-electron chi connectivity index (χ2n) is 23.0. The number of nitrogens with one attached hydrogen (secondary N) is 2. The van der Waals surface area contributed by atoms with Gasteiger partial charge in [-0.3, -0.25) is 0 Å². The van der Waals surface area contributed by atoms with Crippen molar-refractivity contribution in [3.63, 3.8) is 0 Å². The number of carbonyl (C=O) groups excluding carboxylic acids is 2. The van der Waals surface area contributed by atoms with E-state index in [9.17, 15) is 0 Å². The summed E-state index contributed by atoms with van der Waals surface area (Å²) >= 11 is 0. The fraction of sp³-hybridized carbons (Fsp3) is 0.947. The zero-order valence-electron chi connectivity index (χ0n) is 53.9. The number of rotatable bonds is 55. The van der Waals surface area contributed by atoms with Crippen molar-refractivity contribution in [3.8, 4) is 0 Å². The van der Waals surface area contributed by atoms with E-state index < -0.39 is 0 Å². The highest BCUT2D eigenvalue weighted by Crippen LogP contribution is 2.15. The first-order chi connectivity index (χ1) is 37.5. The topological polar surface area (TPSA) is 67.9 Å². The van der Waals surface area contributed by atoms with Crippen LogP contribution in [0.1, 0.15) is 383 Å². The van der Waals surface area contributed by atoms with Gasteiger partial charge in [0.1, 0.15) is 13.6 Å². The molecule has 0 aromatic heterocycles. The SMILES string of the molecule is C.C.C.C.C.C.C.C=O.C=O.CCCCCC/C=C\CCCCCCN(CCCCCCCCCCCCCC)CC(C)CN1CCNCC1.CCCCCCCCCN(CC)CCCCCCCCC.CCCCCCCCCNCC. The van der Waals surface area contributed by atoms with Crippen LogP contribution < -0.4 is 10.6 Å². The van der Waals surface area contributed by atoms with Crippen LogP contribution in [0.2, 0.25) is 0 Å². The van der Waals surface area contributed by atoms with Gasteiger partial charge in [-0.2, -0.15) is 0 Å². The standard InChI is InChI=1S/C36H73N3.C20H43N.C11H25N.2CH2O.7CH4/c1-4-6-8-10-12-14-16-18-20-22-24-26-30-38(34-36(3)35-39-32-28-37-29-33-39)31-27-25-23-21-19-17-15-13-11-9-7-5-2;1-4-7-9-11-13-15-17-19-21(6-3)20-18-16-14-12-10-8-5-2;1-3-5-6-7-8-9-10-11-12-4-2;2*1-2;;;;;;;/h14,16,36-37H,4-13,15,17-35H2,1-3H3;4-20H2,1-3H3;12H,3-11H2,1-2H3;2*1H2;7*1H4/b16-14-;;;;;;;;;;;. The van der Waals surface area contributed by atoms with Crippen molar-refractivity contribution in [3.05, 3.63) is 12.2 Å². The monoisotopic (exact) mass is 1190 g/mol. The molecule has 514 valence electrons. The molecular formula is C76H173N5O2. The van der Waals surface area contributed by atoms with E-state index in [1.165, 1.54) is 355 Å². The number of hydrogen-bond donors (Lipinski definition) is 2. The Morgan fingerprint density at radius 3 is 0.952 bits per heavy atom. The molecule has 0 spiro atoms. The van der Waals surface area contributed by atoms with Gasteiger partial charge in [0.15, 0.2) is 0 Å². The fourth-order valence-electron chi connectivity index (χ4n) is 10.6. The van der Waals surface area contributed by atoms with Crippen LogP contribution in [0.4, 0.5) is 0 Å². The lowest BCUT2D eigenvalue weighted by Gasteiger charge is -2.32. The number of hydrogen-bond acceptors (Lipinski definition) is 7. The molecule has 1 saturated heterocycles. The zero-order valence-corrected chi connectivity index (χ0v) is 53.9. The fourth-order valence-corrected chi connectivity index (χ4v) is 10.6. The first-order valence-corrected chi connectivity index (χ1v) is 34.3. The second-order valence-corrected chi connectivity index (χ2v) is 23.0. The Morgan fingerprint density at radius 1 is 0.386 bits per heavy atom. The quantitative estimate of drug-likeness (QED) is 0.0465. The van der Waals surface area contributed by atoms with Crippen LogP contribution in [0.25, 0.3) is 0 Å². The number of piperazine rings is 1. The van der Waals surface area contributed by atoms with Gasteiger partial charge in [-0.25, -0.2) is 0 Å². The lowest BCUT2D eigenvalue weighted by molar-refractivity contribution is -0.0987. The van der Waals surface area contributed by atoms with Gasteiger partial charge in [0, 0.05) is 39.3 Å². The molecule has 0 saturated carbocycles. The van der Waals surface area contributed by atoms with Crippen LogP contribution in [-0.4, -0.2) is 113 Å². The van der Waals surface area contributed by atoms with Crippen molar-refractivity contribution in [2.75, 3.05) is 85.1 Å². The summed E-state index contributed by atoms with van der Waals surface area (Å²) in [6.07, 6.45) is 65.8. The van der Waals surface area contributed by atoms with E-state index in [1.54, 1.807) is 0 Å². The molecule has 7 heteroatoms. The Bertz CT molecular complexity index is 966. The highest BCUT2D eigenvalue weighted by Gasteiger charge is 2.16. The van der Waals surface area contributed by atoms with Gasteiger partial charge < -0.3 is 34.9 Å². The smallest absolute Gasteiger partial charge is 0.106 e. The predicted octanol–water partition coefficient (Wildman–Crippen LogP) is 24.2. The van der Waals surface area contributed by atoms with Crippen LogP contribution in [0, 0.1) is 5.92 Å². The Balaban J connectivity index is -0.000000111. The molecule has 0 amide bonds. The second kappa shape index (κ2) is 103. The summed E-state index contributed by atoms with van der Waals surface area (Å²) in [7, 11) is 0. The summed E-state index contributed by atoms with van der Waals surface area (Å²) in [5.74, 6) is 0.780. The number of carbonyl (C=O) groups is 2. The molecule has 1 aliphatic heterocycles. The summed E-state index contributed by atoms with van der Waals surface area (Å²) in [5, 5.41) is 6.85. The highest BCUT2D eigenvalue weighted by atomic mass is 16.1. The summed E-state index contributed by atoms with van der Waals surface area (Å²) in [6, 6.07) is 0. The summed E-state index contributed by atoms with van der Waals surface area (Å²) in [4.78, 5) is 24.2. The van der Waals surface area contributed by atoms with Crippen LogP contribution in [0.15, 0.2) is 12.2 Å². The Labute approximate surface area is 532 Å². The van der Waals surface area contributed by atoms with Crippen molar-refractivity contribution in [1.29, 1.82) is 0 Å². The van der Waals surface area contributed by atoms with E-state index in [0.717, 1.165) is 12.5 Å². The highest BCUT2D eigenvalue weighted by molar-refractivity contribution is 5.11. The number of allylic oxidation sites excluding steroid dienone is 2. The van der Waals surface area contributed by atoms with E-state index in [2.05, 4.69) is 92.9 Å². The van der Waals surface area contributed by atoms with Gasteiger partial charge in [-0.15, -0.1) is 0 Å². The molecule has 1 atom stereocenters. The van der Waals surface area contributed by atoms with Gasteiger partial charge in [-0.1, -0.05) is 338 Å². The van der Waals surface area contributed by atoms with E-state index >= 15 is 0 Å². The lowest BCUT2D eigenvalue weighted by Crippen LogP contribution is -2.46. The van der Waals surface area contributed by atoms with Crippen molar-refractivity contribution >= 4 is 13.6 Å². The third-order valence-corrected chi connectivity index (χ3v) is 15.5. The van der Waals surface area contributed by atoms with Gasteiger partial charge in [0.2, 0.25) is 0 Å². The average molecular weight is 1190 g/mol. The molecule has 0 aromatic rings. The molecule has 1 rings (SSSR count). The van der Waals surface area contributed by atoms with Crippen LogP contribution >= 0.6 is 0 Å². The zero-order chi connectivity index (χ0) is 56.7. The minimum atomic E-state index is 0. The molecule has 1 heterocycles. The van der Waals surface area contributed by atoms with Crippen LogP contribution in [0.5, 0.6) is 0 Å². The summed E-state index contributed by atoms with van der Waals surface area (Å²) in [6.45, 7) is 38.7. The minimum Gasteiger partial charge on any atom is -0.317 e. The molecular weight excluding hydrogens is 1010 g/mol. The molecule has 83 heavy (non-hydrogen) atoms. The minimum absolute atomic E-state index is 0. The average Bonchev–Trinajstić information content (AvgIpc) is 3.45. The normalized spacial score (nSPS) is 11.8. The number of nitrogens with zero attached hydrogens (tertiary/aromatic N) is 3. The maximum atomic E-state index is 8.00. The van der Waals surface area contributed by atoms with E-state index in [0.29, 0.717) is 0 Å². The molecule has 0 bridgehead atoms. The van der Waals surface area contributed by atoms with Crippen molar-refractivity contribution in [2.45, 2.75) is 383 Å². The van der Waals surface area contributed by atoms with Crippen molar-refractivity contribution in [1.82, 2.24) is 25.3 Å². The van der Waals surface area contributed by atoms with Crippen molar-refractivity contribution < 1.29 is 9.59 Å². The van der Waals surface area contributed by atoms with Crippen molar-refractivity contribution in [2.24, 2.45) is 5.92 Å². The Kier molecular flexibility index (Phi) is 132. The predicted molar refractivity (Wildman–Crippen MR) is 393 cm³/mol. The van der Waals surface area contributed by atoms with E-state index in [4.69, 9.17) is 9.59 Å². The first kappa shape index (κ1) is 107. The Morgan fingerprint density at radius 2 is 0.651 bits per heavy atom. The maximum absolute atomic E-state index is 8.00. The van der Waals surface area contributed by atoms with E-state index in [-0.39, 0.29) is 52.0 Å². The molecule has 1 aliphatic rings. The van der Waals surface area contributed by atoms with Gasteiger partial charge >= 0.3 is 0 Å². The third-order valence-electron chi connectivity index (χ3n) is 15.5. The summed E-state index contributed by atoms with van der Waals surface area (Å²) < 4.78 is 0. The van der Waals surface area contributed by atoms with Gasteiger partial charge in [0.05, 0.1) is 0 Å². The lowest BCUT2D eigenvalue weighted by atomic mass is 10.0. The molecule has 7 nitrogen and oxygen atoms in total. The first-order valence-electron chi connectivity index (χ1n) is 34.3. The van der Waals surface area contributed by atoms with E-state index in [1.807, 2.05) is 13.6 Å². The molecule has 2 N–H and O–H groups in total. The molecule has 1 fully saturated rings. The Hall–Kier alpha value is -1.12. The summed E-state index contributed by atoms with van der Waals surface area (Å²) in [5.41, 5.74) is 0. The van der Waals surface area contributed by atoms with Gasteiger partial charge in [-0.05, 0) is 110 Å². The largest absolute Gasteiger partial charge is 0.317 e. The molecule has 0 radical (unpaired) electrons. The number of unbranched alkanes of at least 4 members (excludes halogenated alkanes) is 37. The van der Waals surface area contributed by atoms with Crippen LogP contribution in [0.3, 0.4) is 0 Å². The van der Waals surface area contributed by atoms with Crippen LogP contribution in [-0.2, 0) is 9.59 Å². The molecule has 0 aromatic carbocycles. The maximum Gasteiger partial charge on any atom is 0.106 e.